The maximum atomic E-state index is 5.53. The number of benzene rings is 1. The molecule has 0 aliphatic carbocycles. The Morgan fingerprint density at radius 1 is 1.43 bits per heavy atom. The van der Waals surface area contributed by atoms with Crippen LogP contribution in [-0.2, 0) is 16.1 Å². The van der Waals surface area contributed by atoms with Crippen LogP contribution in [0.1, 0.15) is 12.5 Å². The molecule has 2 unspecified atom stereocenters. The van der Waals surface area contributed by atoms with Crippen LogP contribution in [0.15, 0.2) is 42.5 Å². The molecule has 1 heterocycles. The van der Waals surface area contributed by atoms with Gasteiger partial charge in [0.2, 0.25) is 0 Å². The largest absolute Gasteiger partial charge is 0.345 e. The zero-order valence-corrected chi connectivity index (χ0v) is 8.27. The van der Waals surface area contributed by atoms with E-state index in [-0.39, 0.29) is 12.4 Å². The van der Waals surface area contributed by atoms with Gasteiger partial charge in [-0.1, -0.05) is 36.9 Å². The Bertz CT molecular complexity index is 318. The minimum Gasteiger partial charge on any atom is -0.345 e. The molecule has 1 aliphatic heterocycles. The Morgan fingerprint density at radius 2 is 2.14 bits per heavy atom. The summed E-state index contributed by atoms with van der Waals surface area (Å²) >= 11 is 0. The highest BCUT2D eigenvalue weighted by atomic mass is 16.8. The Morgan fingerprint density at radius 3 is 2.71 bits per heavy atom. The quantitative estimate of drug-likeness (QED) is 0.537. The van der Waals surface area contributed by atoms with Gasteiger partial charge in [-0.05, 0) is 18.1 Å². The third-order valence-corrected chi connectivity index (χ3v) is 2.19. The molecule has 0 spiro atoms. The number of epoxide rings is 1. The first-order valence-corrected chi connectivity index (χ1v) is 4.74. The molecule has 74 valence electrons. The highest BCUT2D eigenvalue weighted by Gasteiger charge is 2.40. The van der Waals surface area contributed by atoms with E-state index in [0.29, 0.717) is 6.61 Å². The van der Waals surface area contributed by atoms with Gasteiger partial charge in [-0.3, -0.25) is 0 Å². The van der Waals surface area contributed by atoms with Gasteiger partial charge in [0.05, 0.1) is 6.61 Å². The standard InChI is InChI=1S/C12H14O2/c1-9(2)11-12(14-11)13-8-10-6-4-3-5-7-10/h3-7,11-12H,1,8H2,2H3. The first-order chi connectivity index (χ1) is 6.77. The topological polar surface area (TPSA) is 21.8 Å². The molecular formula is C12H14O2. The predicted octanol–water partition coefficient (Wildman–Crippen LogP) is 2.50. The second kappa shape index (κ2) is 3.95. The smallest absolute Gasteiger partial charge is 0.189 e. The minimum atomic E-state index is -0.0762. The van der Waals surface area contributed by atoms with Gasteiger partial charge in [0, 0.05) is 0 Å². The summed E-state index contributed by atoms with van der Waals surface area (Å²) in [6, 6.07) is 10.1. The van der Waals surface area contributed by atoms with Crippen molar-refractivity contribution in [2.45, 2.75) is 25.9 Å². The summed E-state index contributed by atoms with van der Waals surface area (Å²) in [5.74, 6) is 0. The van der Waals surface area contributed by atoms with Gasteiger partial charge < -0.3 is 9.47 Å². The summed E-state index contributed by atoms with van der Waals surface area (Å²) in [7, 11) is 0. The van der Waals surface area contributed by atoms with Gasteiger partial charge >= 0.3 is 0 Å². The lowest BCUT2D eigenvalue weighted by molar-refractivity contribution is 0.0385. The molecular weight excluding hydrogens is 176 g/mol. The molecule has 0 bridgehead atoms. The number of ether oxygens (including phenoxy) is 2. The van der Waals surface area contributed by atoms with E-state index in [4.69, 9.17) is 9.47 Å². The molecule has 0 aromatic heterocycles. The lowest BCUT2D eigenvalue weighted by atomic mass is 10.2. The van der Waals surface area contributed by atoms with Gasteiger partial charge in [-0.2, -0.15) is 0 Å². The Balaban J connectivity index is 1.77. The second-order valence-electron chi connectivity index (χ2n) is 3.57. The van der Waals surface area contributed by atoms with Crippen molar-refractivity contribution in [1.29, 1.82) is 0 Å². The fourth-order valence-electron chi connectivity index (χ4n) is 1.33. The normalized spacial score (nSPS) is 24.6. The lowest BCUT2D eigenvalue weighted by Crippen LogP contribution is -2.00. The van der Waals surface area contributed by atoms with Crippen molar-refractivity contribution in [2.75, 3.05) is 0 Å². The molecule has 2 atom stereocenters. The third kappa shape index (κ3) is 2.22. The summed E-state index contributed by atoms with van der Waals surface area (Å²) in [6.07, 6.45) is 0.0337. The molecule has 2 nitrogen and oxygen atoms in total. The SMILES string of the molecule is C=C(C)C1OC1OCc1ccccc1. The first kappa shape index (κ1) is 9.44. The van der Waals surface area contributed by atoms with Crippen molar-refractivity contribution in [3.05, 3.63) is 48.0 Å². The van der Waals surface area contributed by atoms with Crippen LogP contribution < -0.4 is 0 Å². The van der Waals surface area contributed by atoms with E-state index in [1.807, 2.05) is 37.3 Å². The van der Waals surface area contributed by atoms with Crippen molar-refractivity contribution in [3.63, 3.8) is 0 Å². The monoisotopic (exact) mass is 190 g/mol. The van der Waals surface area contributed by atoms with Crippen LogP contribution >= 0.6 is 0 Å². The molecule has 14 heavy (non-hydrogen) atoms. The minimum absolute atomic E-state index is 0.0762. The van der Waals surface area contributed by atoms with E-state index >= 15 is 0 Å². The molecule has 2 rings (SSSR count). The predicted molar refractivity (Wildman–Crippen MR) is 54.7 cm³/mol. The maximum absolute atomic E-state index is 5.53. The summed E-state index contributed by atoms with van der Waals surface area (Å²) in [5.41, 5.74) is 2.20. The maximum Gasteiger partial charge on any atom is 0.189 e. The van der Waals surface area contributed by atoms with Crippen LogP contribution in [0, 0.1) is 0 Å². The molecule has 0 N–H and O–H groups in total. The molecule has 1 aromatic carbocycles. The molecule has 1 aromatic rings. The van der Waals surface area contributed by atoms with E-state index in [1.165, 1.54) is 5.56 Å². The van der Waals surface area contributed by atoms with Gasteiger partial charge in [0.1, 0.15) is 6.10 Å². The average Bonchev–Trinajstić information content (AvgIpc) is 2.96. The van der Waals surface area contributed by atoms with Crippen molar-refractivity contribution in [1.82, 2.24) is 0 Å². The van der Waals surface area contributed by atoms with Gasteiger partial charge in [-0.15, -0.1) is 0 Å². The van der Waals surface area contributed by atoms with Gasteiger partial charge in [0.15, 0.2) is 6.29 Å². The zero-order valence-electron chi connectivity index (χ0n) is 8.27. The fraction of sp³-hybridized carbons (Fsp3) is 0.333. The zero-order chi connectivity index (χ0) is 9.97. The first-order valence-electron chi connectivity index (χ1n) is 4.74. The lowest BCUT2D eigenvalue weighted by Gasteiger charge is -2.00. The molecule has 1 aliphatic rings. The van der Waals surface area contributed by atoms with Crippen molar-refractivity contribution in [3.8, 4) is 0 Å². The van der Waals surface area contributed by atoms with E-state index in [1.54, 1.807) is 0 Å². The number of hydrogen-bond donors (Lipinski definition) is 0. The Kier molecular flexibility index (Phi) is 2.66. The molecule has 2 heteroatoms. The molecule has 1 saturated heterocycles. The summed E-state index contributed by atoms with van der Waals surface area (Å²) in [6.45, 7) is 6.38. The van der Waals surface area contributed by atoms with E-state index in [2.05, 4.69) is 6.58 Å². The van der Waals surface area contributed by atoms with Crippen LogP contribution in [0.3, 0.4) is 0 Å². The number of rotatable bonds is 4. The fourth-order valence-corrected chi connectivity index (χ4v) is 1.33. The third-order valence-electron chi connectivity index (χ3n) is 2.19. The second-order valence-corrected chi connectivity index (χ2v) is 3.57. The van der Waals surface area contributed by atoms with Crippen LogP contribution in [0.4, 0.5) is 0 Å². The Hall–Kier alpha value is -1.12. The molecule has 0 radical (unpaired) electrons. The average molecular weight is 190 g/mol. The number of hydrogen-bond acceptors (Lipinski definition) is 2. The van der Waals surface area contributed by atoms with Gasteiger partial charge in [0.25, 0.3) is 0 Å². The van der Waals surface area contributed by atoms with Crippen LogP contribution in [-0.4, -0.2) is 12.4 Å². The van der Waals surface area contributed by atoms with Crippen LogP contribution in [0.25, 0.3) is 0 Å². The molecule has 1 fully saturated rings. The highest BCUT2D eigenvalue weighted by Crippen LogP contribution is 2.29. The molecule has 0 amide bonds. The summed E-state index contributed by atoms with van der Waals surface area (Å²) in [5, 5.41) is 0. The summed E-state index contributed by atoms with van der Waals surface area (Å²) < 4.78 is 10.8. The van der Waals surface area contributed by atoms with Crippen molar-refractivity contribution in [2.24, 2.45) is 0 Å². The van der Waals surface area contributed by atoms with Crippen molar-refractivity contribution >= 4 is 0 Å². The van der Waals surface area contributed by atoms with E-state index < -0.39 is 0 Å². The van der Waals surface area contributed by atoms with Crippen LogP contribution in [0.2, 0.25) is 0 Å². The summed E-state index contributed by atoms with van der Waals surface area (Å²) in [4.78, 5) is 0. The van der Waals surface area contributed by atoms with Gasteiger partial charge in [-0.25, -0.2) is 0 Å². The molecule has 0 saturated carbocycles. The highest BCUT2D eigenvalue weighted by molar-refractivity contribution is 5.14. The Labute approximate surface area is 84.2 Å². The van der Waals surface area contributed by atoms with Crippen LogP contribution in [0.5, 0.6) is 0 Å². The van der Waals surface area contributed by atoms with Crippen molar-refractivity contribution < 1.29 is 9.47 Å². The van der Waals surface area contributed by atoms with E-state index in [0.717, 1.165) is 5.57 Å². The van der Waals surface area contributed by atoms with E-state index in [9.17, 15) is 0 Å².